The van der Waals surface area contributed by atoms with Crippen molar-refractivity contribution in [2.24, 2.45) is 0 Å². The quantitative estimate of drug-likeness (QED) is 0.446. The Morgan fingerprint density at radius 1 is 0.929 bits per heavy atom. The fourth-order valence-electron chi connectivity index (χ4n) is 3.19. The lowest BCUT2D eigenvalue weighted by Gasteiger charge is -2.23. The molecule has 150 valence electrons. The number of para-hydroxylation sites is 1. The molecule has 1 heterocycles. The molecule has 3 aromatic rings. The molecule has 1 atom stereocenters. The zero-order valence-electron chi connectivity index (χ0n) is 18.1. The van der Waals surface area contributed by atoms with Crippen molar-refractivity contribution in [1.82, 2.24) is 9.55 Å². The van der Waals surface area contributed by atoms with E-state index in [1.807, 2.05) is 37.4 Å². The van der Waals surface area contributed by atoms with E-state index < -0.39 is 5.67 Å². The van der Waals surface area contributed by atoms with Crippen molar-refractivity contribution < 1.29 is 4.39 Å². The summed E-state index contributed by atoms with van der Waals surface area (Å²) in [4.78, 5) is 4.55. The molecule has 1 unspecified atom stereocenters. The van der Waals surface area contributed by atoms with Gasteiger partial charge in [0.2, 0.25) is 0 Å². The first kappa shape index (κ1) is 21.9. The zero-order valence-corrected chi connectivity index (χ0v) is 18.1. The maximum atomic E-state index is 15.1. The van der Waals surface area contributed by atoms with Crippen LogP contribution in [0.15, 0.2) is 54.9 Å². The summed E-state index contributed by atoms with van der Waals surface area (Å²) in [5, 5.41) is 0. The second kappa shape index (κ2) is 9.68. The highest BCUT2D eigenvalue weighted by Gasteiger charge is 2.28. The van der Waals surface area contributed by atoms with Gasteiger partial charge in [-0.3, -0.25) is 4.57 Å². The van der Waals surface area contributed by atoms with E-state index >= 15 is 4.39 Å². The average Bonchev–Trinajstić information content (AvgIpc) is 3.17. The monoisotopic (exact) mass is 380 g/mol. The maximum Gasteiger partial charge on any atom is 0.144 e. The molecule has 28 heavy (non-hydrogen) atoms. The summed E-state index contributed by atoms with van der Waals surface area (Å²) >= 11 is 0. The van der Waals surface area contributed by atoms with E-state index in [1.165, 1.54) is 24.0 Å². The van der Waals surface area contributed by atoms with Gasteiger partial charge in [-0.25, -0.2) is 9.37 Å². The van der Waals surface area contributed by atoms with Crippen molar-refractivity contribution in [2.75, 3.05) is 0 Å². The lowest BCUT2D eigenvalue weighted by molar-refractivity contribution is 0.186. The van der Waals surface area contributed by atoms with Crippen molar-refractivity contribution >= 4 is 0 Å². The molecule has 1 aromatic heterocycles. The number of halogens is 1. The molecule has 0 saturated heterocycles. The summed E-state index contributed by atoms with van der Waals surface area (Å²) in [6.45, 7) is 12.0. The molecule has 3 heteroatoms. The smallest absolute Gasteiger partial charge is 0.144 e. The molecular formula is C25H33FN2. The third kappa shape index (κ3) is 4.70. The number of unbranched alkanes of at least 4 members (excludes halogenated alkanes) is 1. The predicted molar refractivity (Wildman–Crippen MR) is 118 cm³/mol. The van der Waals surface area contributed by atoms with Crippen LogP contribution >= 0.6 is 0 Å². The summed E-state index contributed by atoms with van der Waals surface area (Å²) in [5.41, 5.74) is 3.60. The van der Waals surface area contributed by atoms with Crippen LogP contribution in [-0.4, -0.2) is 9.55 Å². The van der Waals surface area contributed by atoms with Crippen molar-refractivity contribution in [3.8, 4) is 17.1 Å². The number of aryl methyl sites for hydroxylation is 2. The molecule has 3 rings (SSSR count). The zero-order chi connectivity index (χ0) is 20.7. The molecule has 2 nitrogen and oxygen atoms in total. The van der Waals surface area contributed by atoms with Crippen molar-refractivity contribution in [3.63, 3.8) is 0 Å². The second-order valence-electron chi connectivity index (χ2n) is 7.46. The molecule has 0 saturated carbocycles. The third-order valence-electron chi connectivity index (χ3n) is 5.21. The van der Waals surface area contributed by atoms with Gasteiger partial charge in [-0.2, -0.15) is 0 Å². The minimum absolute atomic E-state index is 0.425. The summed E-state index contributed by atoms with van der Waals surface area (Å²) in [5.74, 6) is 0.778. The van der Waals surface area contributed by atoms with E-state index in [2.05, 4.69) is 55.4 Å². The van der Waals surface area contributed by atoms with Gasteiger partial charge >= 0.3 is 0 Å². The Morgan fingerprint density at radius 3 is 2.11 bits per heavy atom. The van der Waals surface area contributed by atoms with Gasteiger partial charge in [-0.1, -0.05) is 76.1 Å². The Kier molecular flexibility index (Phi) is 7.56. The molecule has 0 spiro atoms. The van der Waals surface area contributed by atoms with E-state index in [-0.39, 0.29) is 0 Å². The fraction of sp³-hybridized carbons (Fsp3) is 0.400. The highest BCUT2D eigenvalue weighted by molar-refractivity contribution is 5.66. The summed E-state index contributed by atoms with van der Waals surface area (Å²) in [6, 6.07) is 13.9. The molecule has 0 aliphatic heterocycles. The van der Waals surface area contributed by atoms with Gasteiger partial charge in [0.1, 0.15) is 11.5 Å². The standard InChI is InChI=1S/C21H23FN2.C4H10/c1-5-21(4,22)18-12-7-6-11-17(18)20-23-13-14-24(20)19-15(2)9-8-10-16(19)3;1-3-4-2/h6-14H,5H2,1-4H3;3-4H2,1-2H3. The number of nitrogens with zero attached hydrogens (tertiary/aromatic N) is 2. The Labute approximate surface area is 169 Å². The molecule has 0 bridgehead atoms. The van der Waals surface area contributed by atoms with E-state index in [9.17, 15) is 0 Å². The number of alkyl halides is 1. The molecule has 0 radical (unpaired) electrons. The fourth-order valence-corrected chi connectivity index (χ4v) is 3.19. The van der Waals surface area contributed by atoms with Crippen LogP contribution in [0.25, 0.3) is 17.1 Å². The molecule has 0 aliphatic carbocycles. The Balaban J connectivity index is 0.000000640. The van der Waals surface area contributed by atoms with E-state index in [4.69, 9.17) is 0 Å². The normalized spacial score (nSPS) is 12.8. The molecule has 0 N–H and O–H groups in total. The van der Waals surface area contributed by atoms with Crippen LogP contribution in [0, 0.1) is 13.8 Å². The Morgan fingerprint density at radius 2 is 1.54 bits per heavy atom. The number of hydrogen-bond donors (Lipinski definition) is 0. The van der Waals surface area contributed by atoms with Gasteiger partial charge < -0.3 is 0 Å². The van der Waals surface area contributed by atoms with Crippen molar-refractivity contribution in [3.05, 3.63) is 71.5 Å². The SMILES string of the molecule is CCC(C)(F)c1ccccc1-c1nccn1-c1c(C)cccc1C.CCCC. The van der Waals surface area contributed by atoms with Gasteiger partial charge in [0, 0.05) is 18.0 Å². The molecule has 2 aromatic carbocycles. The van der Waals surface area contributed by atoms with Gasteiger partial charge in [0.05, 0.1) is 5.69 Å². The molecular weight excluding hydrogens is 347 g/mol. The van der Waals surface area contributed by atoms with E-state index in [0.717, 1.165) is 17.1 Å². The van der Waals surface area contributed by atoms with Gasteiger partial charge in [0.15, 0.2) is 0 Å². The minimum Gasteiger partial charge on any atom is -0.299 e. The van der Waals surface area contributed by atoms with Crippen LogP contribution in [-0.2, 0) is 5.67 Å². The van der Waals surface area contributed by atoms with Crippen molar-refractivity contribution in [2.45, 2.75) is 66.5 Å². The highest BCUT2D eigenvalue weighted by atomic mass is 19.1. The van der Waals surface area contributed by atoms with E-state index in [0.29, 0.717) is 12.0 Å². The second-order valence-corrected chi connectivity index (χ2v) is 7.46. The largest absolute Gasteiger partial charge is 0.299 e. The highest BCUT2D eigenvalue weighted by Crippen LogP contribution is 2.37. The number of benzene rings is 2. The first-order valence-corrected chi connectivity index (χ1v) is 10.3. The van der Waals surface area contributed by atoms with Crippen molar-refractivity contribution in [1.29, 1.82) is 0 Å². The summed E-state index contributed by atoms with van der Waals surface area (Å²) in [7, 11) is 0. The van der Waals surface area contributed by atoms with Crippen LogP contribution in [0.4, 0.5) is 4.39 Å². The number of aromatic nitrogens is 2. The Bertz CT molecular complexity index is 871. The maximum absolute atomic E-state index is 15.1. The van der Waals surface area contributed by atoms with Crippen LogP contribution in [0.3, 0.4) is 0 Å². The lowest BCUT2D eigenvalue weighted by atomic mass is 9.90. The predicted octanol–water partition coefficient (Wildman–Crippen LogP) is 7.56. The van der Waals surface area contributed by atoms with Crippen LogP contribution in [0.5, 0.6) is 0 Å². The van der Waals surface area contributed by atoms with E-state index in [1.54, 1.807) is 13.1 Å². The van der Waals surface area contributed by atoms with Gasteiger partial charge in [-0.05, 0) is 43.9 Å². The molecule has 0 fully saturated rings. The Hall–Kier alpha value is -2.42. The van der Waals surface area contributed by atoms with Gasteiger partial charge in [-0.15, -0.1) is 0 Å². The van der Waals surface area contributed by atoms with Gasteiger partial charge in [0.25, 0.3) is 0 Å². The number of imidazole rings is 1. The topological polar surface area (TPSA) is 17.8 Å². The average molecular weight is 381 g/mol. The van der Waals surface area contributed by atoms with Crippen LogP contribution < -0.4 is 0 Å². The molecule has 0 aliphatic rings. The summed E-state index contributed by atoms with van der Waals surface area (Å²) < 4.78 is 17.1. The third-order valence-corrected chi connectivity index (χ3v) is 5.21. The van der Waals surface area contributed by atoms with Crippen LogP contribution in [0.1, 0.15) is 63.6 Å². The number of hydrogen-bond acceptors (Lipinski definition) is 1. The summed E-state index contributed by atoms with van der Waals surface area (Å²) in [6.07, 6.45) is 6.79. The lowest BCUT2D eigenvalue weighted by Crippen LogP contribution is -2.15. The first-order chi connectivity index (χ1) is 13.4. The molecule has 0 amide bonds. The minimum atomic E-state index is -1.38. The first-order valence-electron chi connectivity index (χ1n) is 10.3. The van der Waals surface area contributed by atoms with Crippen LogP contribution in [0.2, 0.25) is 0 Å². The number of rotatable bonds is 5.